The molecule has 0 aliphatic carbocycles. The lowest BCUT2D eigenvalue weighted by molar-refractivity contribution is -0.116. The Morgan fingerprint density at radius 3 is 2.94 bits per heavy atom. The molecule has 0 radical (unpaired) electrons. The Bertz CT molecular complexity index is 579. The molecule has 0 aliphatic rings. The van der Waals surface area contributed by atoms with Crippen molar-refractivity contribution in [2.45, 2.75) is 13.5 Å². The lowest BCUT2D eigenvalue weighted by Crippen LogP contribution is -2.19. The van der Waals surface area contributed by atoms with E-state index in [-0.39, 0.29) is 12.5 Å². The number of nitrogens with one attached hydrogen (secondary N) is 1. The van der Waals surface area contributed by atoms with E-state index in [0.29, 0.717) is 16.4 Å². The Balaban J connectivity index is 2.00. The quantitative estimate of drug-likeness (QED) is 0.834. The Labute approximate surface area is 110 Å². The lowest BCUT2D eigenvalue weighted by Gasteiger charge is -2.07. The van der Waals surface area contributed by atoms with Gasteiger partial charge in [-0.05, 0) is 24.6 Å². The van der Waals surface area contributed by atoms with Crippen molar-refractivity contribution in [2.75, 3.05) is 11.1 Å². The molecular weight excluding hydrogens is 252 g/mol. The summed E-state index contributed by atoms with van der Waals surface area (Å²) >= 11 is 5.71. The van der Waals surface area contributed by atoms with Crippen LogP contribution in [0.15, 0.2) is 30.6 Å². The summed E-state index contributed by atoms with van der Waals surface area (Å²) in [5, 5.41) is 7.18. The number of hydrogen-bond donors (Lipinski definition) is 2. The first kappa shape index (κ1) is 12.4. The molecule has 1 amide bonds. The predicted octanol–water partition coefficient (Wildman–Crippen LogP) is 2.07. The van der Waals surface area contributed by atoms with E-state index in [1.165, 1.54) is 10.9 Å². The zero-order valence-electron chi connectivity index (χ0n) is 9.85. The van der Waals surface area contributed by atoms with Crippen molar-refractivity contribution < 1.29 is 4.79 Å². The Morgan fingerprint density at radius 2 is 2.33 bits per heavy atom. The number of aromatic nitrogens is 2. The smallest absolute Gasteiger partial charge is 0.246 e. The molecule has 0 saturated heterocycles. The number of halogens is 1. The van der Waals surface area contributed by atoms with Crippen molar-refractivity contribution in [2.24, 2.45) is 0 Å². The van der Waals surface area contributed by atoms with Gasteiger partial charge in [0.2, 0.25) is 5.91 Å². The molecule has 18 heavy (non-hydrogen) atoms. The molecule has 0 atom stereocenters. The van der Waals surface area contributed by atoms with Crippen LogP contribution in [0.4, 0.5) is 11.4 Å². The number of anilines is 2. The van der Waals surface area contributed by atoms with Gasteiger partial charge in [0.05, 0.1) is 11.2 Å². The fraction of sp³-hybridized carbons (Fsp3) is 0.167. The van der Waals surface area contributed by atoms with E-state index in [1.54, 1.807) is 18.3 Å². The van der Waals surface area contributed by atoms with Gasteiger partial charge in [0.1, 0.15) is 6.54 Å². The summed E-state index contributed by atoms with van der Waals surface area (Å²) in [5.74, 6) is -0.182. The van der Waals surface area contributed by atoms with E-state index in [0.717, 1.165) is 5.56 Å². The van der Waals surface area contributed by atoms with Crippen LogP contribution in [0.25, 0.3) is 0 Å². The molecule has 2 rings (SSSR count). The molecule has 94 valence electrons. The molecule has 1 aromatic heterocycles. The second kappa shape index (κ2) is 5.10. The largest absolute Gasteiger partial charge is 0.398 e. The van der Waals surface area contributed by atoms with Crippen LogP contribution in [-0.2, 0) is 11.3 Å². The molecule has 0 fully saturated rings. The predicted molar refractivity (Wildman–Crippen MR) is 71.5 cm³/mol. The van der Waals surface area contributed by atoms with Crippen molar-refractivity contribution in [1.29, 1.82) is 0 Å². The Hall–Kier alpha value is -2.01. The van der Waals surface area contributed by atoms with Gasteiger partial charge in [-0.3, -0.25) is 9.48 Å². The van der Waals surface area contributed by atoms with Gasteiger partial charge in [0.25, 0.3) is 0 Å². The summed E-state index contributed by atoms with van der Waals surface area (Å²) in [6.07, 6.45) is 3.07. The third kappa shape index (κ3) is 3.01. The maximum Gasteiger partial charge on any atom is 0.246 e. The van der Waals surface area contributed by atoms with Gasteiger partial charge in [-0.15, -0.1) is 0 Å². The summed E-state index contributed by atoms with van der Waals surface area (Å²) in [5.41, 5.74) is 8.06. The van der Waals surface area contributed by atoms with Crippen LogP contribution in [0.5, 0.6) is 0 Å². The minimum Gasteiger partial charge on any atom is -0.398 e. The van der Waals surface area contributed by atoms with Gasteiger partial charge in [-0.25, -0.2) is 0 Å². The molecule has 0 spiro atoms. The first-order valence-corrected chi connectivity index (χ1v) is 5.76. The van der Waals surface area contributed by atoms with E-state index in [1.807, 2.05) is 13.0 Å². The van der Waals surface area contributed by atoms with Crippen LogP contribution in [0.2, 0.25) is 5.02 Å². The summed E-state index contributed by atoms with van der Waals surface area (Å²) in [4.78, 5) is 11.7. The zero-order chi connectivity index (χ0) is 13.1. The van der Waals surface area contributed by atoms with Gasteiger partial charge in [-0.1, -0.05) is 17.7 Å². The van der Waals surface area contributed by atoms with Gasteiger partial charge >= 0.3 is 0 Å². The number of carbonyl (C=O) groups is 1. The van der Waals surface area contributed by atoms with E-state index in [4.69, 9.17) is 17.3 Å². The monoisotopic (exact) mass is 264 g/mol. The molecule has 6 heteroatoms. The minimum absolute atomic E-state index is 0.112. The molecule has 0 aliphatic heterocycles. The third-order valence-corrected chi connectivity index (χ3v) is 2.67. The average Bonchev–Trinajstić information content (AvgIpc) is 2.69. The first-order valence-electron chi connectivity index (χ1n) is 5.38. The minimum atomic E-state index is -0.182. The summed E-state index contributed by atoms with van der Waals surface area (Å²) in [6.45, 7) is 2.02. The highest BCUT2D eigenvalue weighted by molar-refractivity contribution is 6.30. The number of nitrogen functional groups attached to an aromatic ring is 1. The number of aryl methyl sites for hydroxylation is 1. The van der Waals surface area contributed by atoms with E-state index < -0.39 is 0 Å². The topological polar surface area (TPSA) is 72.9 Å². The molecular formula is C12H13ClN4O. The first-order chi connectivity index (χ1) is 8.54. The maximum absolute atomic E-state index is 11.7. The molecule has 2 aromatic rings. The lowest BCUT2D eigenvalue weighted by atomic mass is 10.2. The number of rotatable bonds is 3. The number of nitrogens with zero attached hydrogens (tertiary/aromatic N) is 2. The van der Waals surface area contributed by atoms with Crippen molar-refractivity contribution in [1.82, 2.24) is 9.78 Å². The fourth-order valence-corrected chi connectivity index (χ4v) is 1.65. The second-order valence-electron chi connectivity index (χ2n) is 3.98. The summed E-state index contributed by atoms with van der Waals surface area (Å²) in [6, 6.07) is 5.39. The standard InChI is InChI=1S/C12H13ClN4O/c1-8-2-3-10(4-11(8)14)16-12(18)7-17-6-9(13)5-15-17/h2-6H,7,14H2,1H3,(H,16,18). The SMILES string of the molecule is Cc1ccc(NC(=O)Cn2cc(Cl)cn2)cc1N. The van der Waals surface area contributed by atoms with Crippen LogP contribution in [0.3, 0.4) is 0 Å². The highest BCUT2D eigenvalue weighted by Gasteiger charge is 2.05. The summed E-state index contributed by atoms with van der Waals surface area (Å²) < 4.78 is 1.47. The molecule has 1 aromatic carbocycles. The third-order valence-electron chi connectivity index (χ3n) is 2.47. The van der Waals surface area contributed by atoms with E-state index in [2.05, 4.69) is 10.4 Å². The highest BCUT2D eigenvalue weighted by atomic mass is 35.5. The maximum atomic E-state index is 11.7. The van der Waals surface area contributed by atoms with E-state index >= 15 is 0 Å². The number of nitrogens with two attached hydrogens (primary N) is 1. The molecule has 5 nitrogen and oxygen atoms in total. The van der Waals surface area contributed by atoms with Gasteiger partial charge in [-0.2, -0.15) is 5.10 Å². The van der Waals surface area contributed by atoms with Crippen LogP contribution in [0, 0.1) is 6.92 Å². The number of benzene rings is 1. The highest BCUT2D eigenvalue weighted by Crippen LogP contribution is 2.16. The Morgan fingerprint density at radius 1 is 1.56 bits per heavy atom. The van der Waals surface area contributed by atoms with Gasteiger partial charge < -0.3 is 11.1 Å². The molecule has 0 unspecified atom stereocenters. The molecule has 0 saturated carbocycles. The number of carbonyl (C=O) groups excluding carboxylic acids is 1. The second-order valence-corrected chi connectivity index (χ2v) is 4.41. The van der Waals surface area contributed by atoms with Crippen molar-refractivity contribution in [3.8, 4) is 0 Å². The van der Waals surface area contributed by atoms with Crippen molar-refractivity contribution in [3.63, 3.8) is 0 Å². The van der Waals surface area contributed by atoms with Crippen molar-refractivity contribution >= 4 is 28.9 Å². The summed E-state index contributed by atoms with van der Waals surface area (Å²) in [7, 11) is 0. The molecule has 3 N–H and O–H groups in total. The average molecular weight is 265 g/mol. The van der Waals surface area contributed by atoms with Gasteiger partial charge in [0.15, 0.2) is 0 Å². The van der Waals surface area contributed by atoms with Crippen molar-refractivity contribution in [3.05, 3.63) is 41.2 Å². The number of amides is 1. The van der Waals surface area contributed by atoms with Crippen LogP contribution >= 0.6 is 11.6 Å². The van der Waals surface area contributed by atoms with E-state index in [9.17, 15) is 4.79 Å². The normalized spacial score (nSPS) is 10.3. The Kier molecular flexibility index (Phi) is 3.53. The zero-order valence-corrected chi connectivity index (χ0v) is 10.6. The molecule has 1 heterocycles. The fourth-order valence-electron chi connectivity index (χ4n) is 1.49. The number of hydrogen-bond acceptors (Lipinski definition) is 3. The van der Waals surface area contributed by atoms with Gasteiger partial charge in [0, 0.05) is 17.6 Å². The van der Waals surface area contributed by atoms with Crippen LogP contribution < -0.4 is 11.1 Å². The van der Waals surface area contributed by atoms with Crippen LogP contribution in [-0.4, -0.2) is 15.7 Å². The molecule has 0 bridgehead atoms. The van der Waals surface area contributed by atoms with Crippen LogP contribution in [0.1, 0.15) is 5.56 Å².